The van der Waals surface area contributed by atoms with E-state index in [0.29, 0.717) is 6.61 Å². The fourth-order valence-corrected chi connectivity index (χ4v) is 2.83. The summed E-state index contributed by atoms with van der Waals surface area (Å²) in [6.07, 6.45) is -4.53. The van der Waals surface area contributed by atoms with E-state index in [0.717, 1.165) is 23.8 Å². The molecule has 2 aromatic carbocycles. The molecule has 2 atom stereocenters. The summed E-state index contributed by atoms with van der Waals surface area (Å²) >= 11 is 5.98. The normalized spacial score (nSPS) is 13.9. The number of carbonyl (C=O) groups is 1. The number of methoxy groups -OCH3 is 1. The molecule has 2 aromatic rings. The largest absolute Gasteiger partial charge is 0.416 e. The van der Waals surface area contributed by atoms with E-state index in [4.69, 9.17) is 16.3 Å². The first-order valence-corrected chi connectivity index (χ1v) is 8.66. The van der Waals surface area contributed by atoms with E-state index in [1.165, 1.54) is 0 Å². The van der Waals surface area contributed by atoms with Crippen LogP contribution in [0.25, 0.3) is 0 Å². The number of nitrogens with one attached hydrogen (secondary N) is 1. The minimum atomic E-state index is -4.53. The van der Waals surface area contributed by atoms with Gasteiger partial charge in [-0.1, -0.05) is 41.9 Å². The van der Waals surface area contributed by atoms with Gasteiger partial charge in [0.25, 0.3) is 5.91 Å². The average molecular weight is 402 g/mol. The number of anilines is 1. The highest BCUT2D eigenvalue weighted by atomic mass is 35.5. The molecule has 0 radical (unpaired) electrons. The van der Waals surface area contributed by atoms with Gasteiger partial charge in [0.05, 0.1) is 22.9 Å². The predicted octanol–water partition coefficient (Wildman–Crippen LogP) is 3.64. The van der Waals surface area contributed by atoms with Crippen molar-refractivity contribution in [2.24, 2.45) is 0 Å². The predicted molar refractivity (Wildman–Crippen MR) is 97.5 cm³/mol. The van der Waals surface area contributed by atoms with E-state index in [1.54, 1.807) is 36.7 Å². The van der Waals surface area contributed by atoms with Crippen LogP contribution >= 0.6 is 11.6 Å². The maximum absolute atomic E-state index is 12.9. The smallest absolute Gasteiger partial charge is 0.379 e. The number of carbonyl (C=O) groups excluding carboxylic acids is 1. The first-order valence-electron chi connectivity index (χ1n) is 8.29. The minimum Gasteiger partial charge on any atom is -0.379 e. The van der Waals surface area contributed by atoms with E-state index >= 15 is 0 Å². The van der Waals surface area contributed by atoms with Crippen LogP contribution in [0.4, 0.5) is 18.9 Å². The standard InChI is InChI=1S/C19H20ClF3N2O2/c1-12(11-27-2)24-17(13-6-4-3-5-7-13)18(26)25-16-10-14(19(21,22)23)8-9-15(16)20/h3-10,12,17,24H,11H2,1-2H3,(H,25,26)/p+1/t12-,17+/m0/s1. The number of ether oxygens (including phenoxy) is 1. The summed E-state index contributed by atoms with van der Waals surface area (Å²) in [5.74, 6) is -0.467. The molecule has 4 nitrogen and oxygen atoms in total. The van der Waals surface area contributed by atoms with Gasteiger partial charge in [-0.3, -0.25) is 4.79 Å². The molecule has 0 aromatic heterocycles. The number of benzene rings is 2. The molecule has 0 saturated heterocycles. The Hall–Kier alpha value is -2.09. The van der Waals surface area contributed by atoms with Gasteiger partial charge in [-0.05, 0) is 25.1 Å². The van der Waals surface area contributed by atoms with Gasteiger partial charge in [-0.2, -0.15) is 13.2 Å². The van der Waals surface area contributed by atoms with Crippen LogP contribution < -0.4 is 10.6 Å². The molecule has 8 heteroatoms. The molecular weight excluding hydrogens is 381 g/mol. The lowest BCUT2D eigenvalue weighted by atomic mass is 10.0. The molecule has 27 heavy (non-hydrogen) atoms. The number of alkyl halides is 3. The number of halogens is 4. The third-order valence-electron chi connectivity index (χ3n) is 3.94. The van der Waals surface area contributed by atoms with Gasteiger partial charge in [0.15, 0.2) is 6.04 Å². The highest BCUT2D eigenvalue weighted by Gasteiger charge is 2.32. The number of rotatable bonds is 7. The summed E-state index contributed by atoms with van der Waals surface area (Å²) in [7, 11) is 1.56. The average Bonchev–Trinajstić information content (AvgIpc) is 2.61. The lowest BCUT2D eigenvalue weighted by molar-refractivity contribution is -0.713. The Morgan fingerprint density at radius 3 is 2.48 bits per heavy atom. The van der Waals surface area contributed by atoms with Gasteiger partial charge in [-0.25, -0.2) is 0 Å². The number of nitrogens with two attached hydrogens (primary N) is 1. The van der Waals surface area contributed by atoms with Crippen molar-refractivity contribution in [2.45, 2.75) is 25.2 Å². The summed E-state index contributed by atoms with van der Waals surface area (Å²) in [6, 6.07) is 11.1. The van der Waals surface area contributed by atoms with Crippen molar-refractivity contribution in [3.63, 3.8) is 0 Å². The third kappa shape index (κ3) is 5.95. The summed E-state index contributed by atoms with van der Waals surface area (Å²) in [5, 5.41) is 4.36. The molecule has 146 valence electrons. The molecule has 0 aliphatic carbocycles. The Labute approximate surface area is 160 Å². The number of hydrogen-bond acceptors (Lipinski definition) is 2. The lowest BCUT2D eigenvalue weighted by Gasteiger charge is -2.20. The lowest BCUT2D eigenvalue weighted by Crippen LogP contribution is -2.92. The van der Waals surface area contributed by atoms with Gasteiger partial charge in [0, 0.05) is 12.7 Å². The van der Waals surface area contributed by atoms with Crippen molar-refractivity contribution in [3.8, 4) is 0 Å². The second-order valence-electron chi connectivity index (χ2n) is 6.20. The molecule has 0 fully saturated rings. The molecule has 0 heterocycles. The maximum atomic E-state index is 12.9. The van der Waals surface area contributed by atoms with Gasteiger partial charge in [0.2, 0.25) is 0 Å². The minimum absolute atomic E-state index is 0.0353. The Kier molecular flexibility index (Phi) is 7.24. The molecule has 2 rings (SSSR count). The Morgan fingerprint density at radius 1 is 1.22 bits per heavy atom. The SMILES string of the molecule is COC[C@H](C)[NH2+][C@@H](C(=O)Nc1cc(C(F)(F)F)ccc1Cl)c1ccccc1. The van der Waals surface area contributed by atoms with E-state index < -0.39 is 23.7 Å². The highest BCUT2D eigenvalue weighted by molar-refractivity contribution is 6.33. The molecule has 0 saturated carbocycles. The van der Waals surface area contributed by atoms with Crippen molar-refractivity contribution >= 4 is 23.2 Å². The summed E-state index contributed by atoms with van der Waals surface area (Å²) in [6.45, 7) is 2.31. The topological polar surface area (TPSA) is 54.9 Å². The van der Waals surface area contributed by atoms with Crippen LogP contribution in [-0.2, 0) is 15.7 Å². The monoisotopic (exact) mass is 401 g/mol. The van der Waals surface area contributed by atoms with E-state index in [1.807, 2.05) is 13.0 Å². The van der Waals surface area contributed by atoms with Crippen LogP contribution in [0.3, 0.4) is 0 Å². The first kappa shape index (κ1) is 21.2. The summed E-state index contributed by atoms with van der Waals surface area (Å²) in [4.78, 5) is 12.8. The second kappa shape index (κ2) is 9.21. The Balaban J connectivity index is 2.28. The van der Waals surface area contributed by atoms with Crippen molar-refractivity contribution in [2.75, 3.05) is 19.0 Å². The summed E-state index contributed by atoms with van der Waals surface area (Å²) < 4.78 is 43.9. The van der Waals surface area contributed by atoms with Crippen LogP contribution in [0.5, 0.6) is 0 Å². The number of hydrogen-bond donors (Lipinski definition) is 2. The fraction of sp³-hybridized carbons (Fsp3) is 0.316. The Morgan fingerprint density at radius 2 is 1.89 bits per heavy atom. The third-order valence-corrected chi connectivity index (χ3v) is 4.27. The van der Waals surface area contributed by atoms with Gasteiger partial charge in [-0.15, -0.1) is 0 Å². The van der Waals surface area contributed by atoms with Crippen LogP contribution in [0.1, 0.15) is 24.1 Å². The second-order valence-corrected chi connectivity index (χ2v) is 6.60. The van der Waals surface area contributed by atoms with Gasteiger partial charge in [0.1, 0.15) is 6.04 Å². The number of amides is 1. The van der Waals surface area contributed by atoms with Gasteiger partial charge < -0.3 is 15.4 Å². The molecule has 3 N–H and O–H groups in total. The zero-order valence-electron chi connectivity index (χ0n) is 14.9. The zero-order valence-corrected chi connectivity index (χ0v) is 15.6. The zero-order chi connectivity index (χ0) is 20.0. The highest BCUT2D eigenvalue weighted by Crippen LogP contribution is 2.34. The van der Waals surface area contributed by atoms with Crippen LogP contribution in [0.2, 0.25) is 5.02 Å². The summed E-state index contributed by atoms with van der Waals surface area (Å²) in [5.41, 5.74) is -0.235. The first-order chi connectivity index (χ1) is 12.7. The molecule has 0 spiro atoms. The molecule has 0 bridgehead atoms. The van der Waals surface area contributed by atoms with Crippen molar-refractivity contribution in [3.05, 3.63) is 64.7 Å². The maximum Gasteiger partial charge on any atom is 0.416 e. The van der Waals surface area contributed by atoms with Gasteiger partial charge >= 0.3 is 6.18 Å². The molecule has 1 amide bonds. The van der Waals surface area contributed by atoms with E-state index in [2.05, 4.69) is 5.32 Å². The van der Waals surface area contributed by atoms with Crippen molar-refractivity contribution < 1.29 is 28.0 Å². The van der Waals surface area contributed by atoms with Crippen LogP contribution in [-0.4, -0.2) is 25.7 Å². The van der Waals surface area contributed by atoms with Crippen LogP contribution in [0, 0.1) is 0 Å². The van der Waals surface area contributed by atoms with Crippen molar-refractivity contribution in [1.82, 2.24) is 0 Å². The Bertz CT molecular complexity index is 769. The number of quaternary nitrogens is 1. The van der Waals surface area contributed by atoms with E-state index in [9.17, 15) is 18.0 Å². The van der Waals surface area contributed by atoms with Crippen molar-refractivity contribution in [1.29, 1.82) is 0 Å². The molecular formula is C19H21ClF3N2O2+. The van der Waals surface area contributed by atoms with Crippen LogP contribution in [0.15, 0.2) is 48.5 Å². The molecule has 0 aliphatic rings. The van der Waals surface area contributed by atoms with E-state index in [-0.39, 0.29) is 16.8 Å². The fourth-order valence-electron chi connectivity index (χ4n) is 2.67. The molecule has 0 unspecified atom stereocenters. The molecule has 0 aliphatic heterocycles. The quantitative estimate of drug-likeness (QED) is 0.744.